The lowest BCUT2D eigenvalue weighted by Crippen LogP contribution is -2.20. The van der Waals surface area contributed by atoms with Crippen molar-refractivity contribution in [3.63, 3.8) is 0 Å². The van der Waals surface area contributed by atoms with E-state index in [4.69, 9.17) is 4.74 Å². The maximum absolute atomic E-state index is 5.53. The lowest BCUT2D eigenvalue weighted by atomic mass is 9.76. The van der Waals surface area contributed by atoms with Crippen molar-refractivity contribution < 1.29 is 4.74 Å². The van der Waals surface area contributed by atoms with E-state index in [1.165, 1.54) is 11.1 Å². The van der Waals surface area contributed by atoms with Crippen LogP contribution in [0.3, 0.4) is 0 Å². The Labute approximate surface area is 113 Å². The molecule has 0 aromatic heterocycles. The van der Waals surface area contributed by atoms with Gasteiger partial charge in [-0.1, -0.05) is 53.7 Å². The van der Waals surface area contributed by atoms with E-state index in [9.17, 15) is 0 Å². The highest BCUT2D eigenvalue weighted by Gasteiger charge is 2.26. The summed E-state index contributed by atoms with van der Waals surface area (Å²) in [5.74, 6) is 1.01. The summed E-state index contributed by atoms with van der Waals surface area (Å²) in [6.45, 7) is 13.7. The van der Waals surface area contributed by atoms with E-state index in [1.54, 1.807) is 7.11 Å². The van der Waals surface area contributed by atoms with E-state index >= 15 is 0 Å². The minimum absolute atomic E-state index is 0.158. The van der Waals surface area contributed by atoms with E-state index in [0.717, 1.165) is 18.6 Å². The van der Waals surface area contributed by atoms with Crippen LogP contribution in [0, 0.1) is 0 Å². The Morgan fingerprint density at radius 3 is 1.94 bits per heavy atom. The van der Waals surface area contributed by atoms with Crippen LogP contribution in [0.4, 0.5) is 0 Å². The first-order chi connectivity index (χ1) is 8.28. The van der Waals surface area contributed by atoms with Crippen LogP contribution in [-0.4, -0.2) is 7.11 Å². The average Bonchev–Trinajstić information content (AvgIpc) is 2.37. The molecule has 0 N–H and O–H groups in total. The molecule has 0 saturated heterocycles. The first-order valence-corrected chi connectivity index (χ1v) is 6.97. The topological polar surface area (TPSA) is 9.23 Å². The molecule has 0 heterocycles. The van der Waals surface area contributed by atoms with Crippen molar-refractivity contribution in [2.24, 2.45) is 0 Å². The van der Waals surface area contributed by atoms with Crippen LogP contribution < -0.4 is 4.74 Å². The molecule has 1 aromatic carbocycles. The molecule has 0 unspecified atom stereocenters. The summed E-state index contributed by atoms with van der Waals surface area (Å²) in [5.41, 5.74) is 3.12. The molecule has 0 fully saturated rings. The van der Waals surface area contributed by atoms with Crippen LogP contribution in [0.25, 0.3) is 0 Å². The Morgan fingerprint density at radius 2 is 1.50 bits per heavy atom. The van der Waals surface area contributed by atoms with Crippen molar-refractivity contribution in [3.05, 3.63) is 29.3 Å². The fraction of sp³-hybridized carbons (Fsp3) is 0.647. The molecule has 0 aliphatic carbocycles. The molecule has 1 rings (SSSR count). The molecule has 1 nitrogen and oxygen atoms in total. The lowest BCUT2D eigenvalue weighted by molar-refractivity contribution is 0.387. The zero-order valence-electron chi connectivity index (χ0n) is 13.1. The zero-order valence-corrected chi connectivity index (χ0v) is 13.1. The Bertz CT molecular complexity index is 402. The van der Waals surface area contributed by atoms with Gasteiger partial charge in [0.15, 0.2) is 0 Å². The molecule has 0 saturated carbocycles. The van der Waals surface area contributed by atoms with Gasteiger partial charge in [-0.2, -0.15) is 0 Å². The van der Waals surface area contributed by atoms with Crippen molar-refractivity contribution in [2.75, 3.05) is 7.11 Å². The second-order valence-corrected chi connectivity index (χ2v) is 6.39. The number of methoxy groups -OCH3 is 1. The second kappa shape index (κ2) is 5.34. The van der Waals surface area contributed by atoms with Gasteiger partial charge in [-0.3, -0.25) is 0 Å². The average molecular weight is 248 g/mol. The first kappa shape index (κ1) is 15.1. The number of rotatable bonds is 5. The predicted molar refractivity (Wildman–Crippen MR) is 79.6 cm³/mol. The summed E-state index contributed by atoms with van der Waals surface area (Å²) in [7, 11) is 1.76. The molecule has 0 aliphatic rings. The van der Waals surface area contributed by atoms with Gasteiger partial charge in [0.2, 0.25) is 0 Å². The minimum Gasteiger partial charge on any atom is -0.496 e. The maximum atomic E-state index is 5.53. The van der Waals surface area contributed by atoms with Crippen molar-refractivity contribution in [2.45, 2.75) is 65.2 Å². The van der Waals surface area contributed by atoms with Crippen LogP contribution in [0.5, 0.6) is 5.75 Å². The summed E-state index contributed by atoms with van der Waals surface area (Å²) in [4.78, 5) is 0. The van der Waals surface area contributed by atoms with Crippen LogP contribution in [0.2, 0.25) is 0 Å². The van der Waals surface area contributed by atoms with Crippen LogP contribution in [0.1, 0.15) is 65.5 Å². The zero-order chi connectivity index (χ0) is 14.0. The van der Waals surface area contributed by atoms with E-state index in [1.807, 2.05) is 0 Å². The van der Waals surface area contributed by atoms with E-state index in [-0.39, 0.29) is 10.8 Å². The molecule has 0 bridgehead atoms. The van der Waals surface area contributed by atoms with Gasteiger partial charge in [0.25, 0.3) is 0 Å². The van der Waals surface area contributed by atoms with Gasteiger partial charge in [-0.05, 0) is 35.3 Å². The fourth-order valence-electron chi connectivity index (χ4n) is 2.05. The Morgan fingerprint density at radius 1 is 0.944 bits per heavy atom. The smallest absolute Gasteiger partial charge is 0.122 e. The van der Waals surface area contributed by atoms with Crippen molar-refractivity contribution in [1.29, 1.82) is 0 Å². The molecular weight excluding hydrogens is 220 g/mol. The normalized spacial score (nSPS) is 12.6. The molecule has 0 spiro atoms. The Hall–Kier alpha value is -0.980. The van der Waals surface area contributed by atoms with Gasteiger partial charge in [0, 0.05) is 5.56 Å². The summed E-state index contributed by atoms with van der Waals surface area (Å²) in [5, 5.41) is 0. The molecule has 0 amide bonds. The monoisotopic (exact) mass is 248 g/mol. The number of ether oxygens (including phenoxy) is 1. The Balaban J connectivity index is 3.35. The standard InChI is InChI=1S/C17H28O/c1-8-16(3,4)13-10-11-15(18-7)14(12-13)17(5,6)9-2/h10-12H,8-9H2,1-7H3. The van der Waals surface area contributed by atoms with Crippen LogP contribution in [0.15, 0.2) is 18.2 Å². The van der Waals surface area contributed by atoms with Gasteiger partial charge in [-0.25, -0.2) is 0 Å². The largest absolute Gasteiger partial charge is 0.496 e. The van der Waals surface area contributed by atoms with Crippen molar-refractivity contribution in [3.8, 4) is 5.75 Å². The van der Waals surface area contributed by atoms with E-state index < -0.39 is 0 Å². The third-order valence-corrected chi connectivity index (χ3v) is 4.48. The predicted octanol–water partition coefficient (Wildman–Crippen LogP) is 5.07. The second-order valence-electron chi connectivity index (χ2n) is 6.39. The van der Waals surface area contributed by atoms with E-state index in [2.05, 4.69) is 59.7 Å². The molecule has 18 heavy (non-hydrogen) atoms. The fourth-order valence-corrected chi connectivity index (χ4v) is 2.05. The van der Waals surface area contributed by atoms with Crippen LogP contribution >= 0.6 is 0 Å². The molecule has 0 aliphatic heterocycles. The highest BCUT2D eigenvalue weighted by molar-refractivity contribution is 5.43. The minimum atomic E-state index is 0.158. The molecule has 1 aromatic rings. The van der Waals surface area contributed by atoms with Crippen molar-refractivity contribution >= 4 is 0 Å². The molecular formula is C17H28O. The van der Waals surface area contributed by atoms with Gasteiger partial charge in [0.1, 0.15) is 5.75 Å². The molecule has 102 valence electrons. The lowest BCUT2D eigenvalue weighted by Gasteiger charge is -2.30. The van der Waals surface area contributed by atoms with Gasteiger partial charge in [0.05, 0.1) is 7.11 Å². The molecule has 1 heteroatoms. The maximum Gasteiger partial charge on any atom is 0.122 e. The SMILES string of the molecule is CCC(C)(C)c1ccc(OC)c(C(C)(C)CC)c1. The molecule has 0 radical (unpaired) electrons. The summed E-state index contributed by atoms with van der Waals surface area (Å²) in [6, 6.07) is 6.67. The highest BCUT2D eigenvalue weighted by atomic mass is 16.5. The first-order valence-electron chi connectivity index (χ1n) is 6.97. The summed E-state index contributed by atoms with van der Waals surface area (Å²) >= 11 is 0. The van der Waals surface area contributed by atoms with Gasteiger partial charge < -0.3 is 4.74 Å². The Kier molecular flexibility index (Phi) is 4.47. The van der Waals surface area contributed by atoms with Crippen molar-refractivity contribution in [1.82, 2.24) is 0 Å². The van der Waals surface area contributed by atoms with E-state index in [0.29, 0.717) is 0 Å². The summed E-state index contributed by atoms with van der Waals surface area (Å²) < 4.78 is 5.53. The number of hydrogen-bond acceptors (Lipinski definition) is 1. The van der Waals surface area contributed by atoms with Crippen LogP contribution in [-0.2, 0) is 10.8 Å². The highest BCUT2D eigenvalue weighted by Crippen LogP contribution is 2.38. The molecule has 0 atom stereocenters. The third-order valence-electron chi connectivity index (χ3n) is 4.48. The quantitative estimate of drug-likeness (QED) is 0.707. The van der Waals surface area contributed by atoms with Gasteiger partial charge >= 0.3 is 0 Å². The summed E-state index contributed by atoms with van der Waals surface area (Å²) in [6.07, 6.45) is 2.25. The number of benzene rings is 1. The number of hydrogen-bond donors (Lipinski definition) is 0. The van der Waals surface area contributed by atoms with Gasteiger partial charge in [-0.15, -0.1) is 0 Å². The third kappa shape index (κ3) is 2.88.